The zero-order chi connectivity index (χ0) is 13.1. The average molecular weight is 283 g/mol. The van der Waals surface area contributed by atoms with Crippen molar-refractivity contribution in [1.29, 1.82) is 0 Å². The summed E-state index contributed by atoms with van der Waals surface area (Å²) in [5.41, 5.74) is 3.14. The number of carbonyl (C=O) groups is 1. The van der Waals surface area contributed by atoms with E-state index in [1.54, 1.807) is 0 Å². The Hall–Kier alpha value is -1.06. The van der Waals surface area contributed by atoms with E-state index in [9.17, 15) is 4.79 Å². The van der Waals surface area contributed by atoms with Crippen molar-refractivity contribution in [2.24, 2.45) is 0 Å². The second-order valence-corrected chi connectivity index (χ2v) is 5.17. The fraction of sp³-hybridized carbons (Fsp3) is 0.533. The molecule has 2 rings (SSSR count). The van der Waals surface area contributed by atoms with Crippen LogP contribution in [0.3, 0.4) is 0 Å². The summed E-state index contributed by atoms with van der Waals surface area (Å²) in [6.07, 6.45) is 2.10. The van der Waals surface area contributed by atoms with Gasteiger partial charge in [-0.1, -0.05) is 17.7 Å². The van der Waals surface area contributed by atoms with Crippen molar-refractivity contribution in [2.45, 2.75) is 32.7 Å². The summed E-state index contributed by atoms with van der Waals surface area (Å²) >= 11 is 0. The topological polar surface area (TPSA) is 32.3 Å². The molecular formula is C15H23ClN2O. The zero-order valence-electron chi connectivity index (χ0n) is 11.9. The Morgan fingerprint density at radius 3 is 2.42 bits per heavy atom. The fourth-order valence-electron chi connectivity index (χ4n) is 2.60. The Labute approximate surface area is 121 Å². The predicted octanol–water partition coefficient (Wildman–Crippen LogP) is 2.55. The van der Waals surface area contributed by atoms with E-state index < -0.39 is 0 Å². The van der Waals surface area contributed by atoms with Crippen LogP contribution in [0.15, 0.2) is 18.2 Å². The van der Waals surface area contributed by atoms with Crippen molar-refractivity contribution in [3.8, 4) is 0 Å². The third-order valence-electron chi connectivity index (χ3n) is 3.80. The molecule has 1 amide bonds. The van der Waals surface area contributed by atoms with E-state index in [0.29, 0.717) is 6.04 Å². The maximum atomic E-state index is 12.4. The number of hydrogen-bond donors (Lipinski definition) is 1. The largest absolute Gasteiger partial charge is 0.339 e. The third-order valence-corrected chi connectivity index (χ3v) is 3.80. The molecule has 1 fully saturated rings. The van der Waals surface area contributed by atoms with Crippen LogP contribution in [0.2, 0.25) is 0 Å². The molecule has 0 saturated carbocycles. The minimum atomic E-state index is 0. The van der Waals surface area contributed by atoms with Crippen LogP contribution in [0, 0.1) is 13.8 Å². The summed E-state index contributed by atoms with van der Waals surface area (Å²) in [4.78, 5) is 14.4. The van der Waals surface area contributed by atoms with Crippen molar-refractivity contribution in [3.63, 3.8) is 0 Å². The molecule has 106 valence electrons. The van der Waals surface area contributed by atoms with Gasteiger partial charge in [-0.05, 0) is 45.4 Å². The summed E-state index contributed by atoms with van der Waals surface area (Å²) in [5.74, 6) is 0.182. The SMILES string of the molecule is CNC1CCN(C(=O)c2ccc(C)cc2C)CC1.Cl. The van der Waals surface area contributed by atoms with Gasteiger partial charge in [0.2, 0.25) is 0 Å². The lowest BCUT2D eigenvalue weighted by atomic mass is 10.0. The smallest absolute Gasteiger partial charge is 0.254 e. The van der Waals surface area contributed by atoms with Crippen LogP contribution in [0.1, 0.15) is 34.3 Å². The minimum absolute atomic E-state index is 0. The standard InChI is InChI=1S/C15H22N2O.ClH/c1-11-4-5-14(12(2)10-11)15(18)17-8-6-13(16-3)7-9-17;/h4-5,10,13,16H,6-9H2,1-3H3;1H. The molecule has 0 spiro atoms. The quantitative estimate of drug-likeness (QED) is 0.904. The predicted molar refractivity (Wildman–Crippen MR) is 81.1 cm³/mol. The number of hydrogen-bond acceptors (Lipinski definition) is 2. The van der Waals surface area contributed by atoms with Crippen LogP contribution < -0.4 is 5.32 Å². The van der Waals surface area contributed by atoms with Crippen molar-refractivity contribution < 1.29 is 4.79 Å². The number of benzene rings is 1. The van der Waals surface area contributed by atoms with Gasteiger partial charge in [-0.3, -0.25) is 4.79 Å². The molecule has 0 radical (unpaired) electrons. The van der Waals surface area contributed by atoms with Crippen molar-refractivity contribution in [1.82, 2.24) is 10.2 Å². The van der Waals surface area contributed by atoms with Gasteiger partial charge in [0.05, 0.1) is 0 Å². The average Bonchev–Trinajstić information content (AvgIpc) is 2.38. The molecule has 19 heavy (non-hydrogen) atoms. The first-order chi connectivity index (χ1) is 8.61. The Morgan fingerprint density at radius 1 is 1.26 bits per heavy atom. The highest BCUT2D eigenvalue weighted by Gasteiger charge is 2.23. The Morgan fingerprint density at radius 2 is 1.89 bits per heavy atom. The van der Waals surface area contributed by atoms with Gasteiger partial charge in [0.1, 0.15) is 0 Å². The highest BCUT2D eigenvalue weighted by atomic mass is 35.5. The fourth-order valence-corrected chi connectivity index (χ4v) is 2.60. The van der Waals surface area contributed by atoms with Gasteiger partial charge in [0.25, 0.3) is 5.91 Å². The van der Waals surface area contributed by atoms with Crippen LogP contribution in [-0.4, -0.2) is 37.0 Å². The number of likely N-dealkylation sites (tertiary alicyclic amines) is 1. The molecule has 1 aliphatic heterocycles. The van der Waals surface area contributed by atoms with Crippen molar-refractivity contribution >= 4 is 18.3 Å². The third kappa shape index (κ3) is 3.71. The van der Waals surface area contributed by atoms with Gasteiger partial charge in [0.15, 0.2) is 0 Å². The molecule has 0 bridgehead atoms. The Balaban J connectivity index is 0.00000180. The maximum Gasteiger partial charge on any atom is 0.254 e. The summed E-state index contributed by atoms with van der Waals surface area (Å²) < 4.78 is 0. The molecular weight excluding hydrogens is 260 g/mol. The van der Waals surface area contributed by atoms with Crippen molar-refractivity contribution in [2.75, 3.05) is 20.1 Å². The molecule has 1 saturated heterocycles. The van der Waals surface area contributed by atoms with Gasteiger partial charge in [0, 0.05) is 24.7 Å². The maximum absolute atomic E-state index is 12.4. The molecule has 0 atom stereocenters. The summed E-state index contributed by atoms with van der Waals surface area (Å²) in [5, 5.41) is 3.28. The number of nitrogens with one attached hydrogen (secondary N) is 1. The first-order valence-corrected chi connectivity index (χ1v) is 6.65. The molecule has 1 aromatic rings. The number of rotatable bonds is 2. The van der Waals surface area contributed by atoms with Crippen LogP contribution >= 0.6 is 12.4 Å². The zero-order valence-corrected chi connectivity index (χ0v) is 12.7. The van der Waals surface area contributed by atoms with Gasteiger partial charge >= 0.3 is 0 Å². The molecule has 3 nitrogen and oxygen atoms in total. The number of halogens is 1. The lowest BCUT2D eigenvalue weighted by Gasteiger charge is -2.32. The monoisotopic (exact) mass is 282 g/mol. The van der Waals surface area contributed by atoms with Crippen LogP contribution in [0.4, 0.5) is 0 Å². The molecule has 1 N–H and O–H groups in total. The van der Waals surface area contributed by atoms with Crippen LogP contribution in [0.25, 0.3) is 0 Å². The van der Waals surface area contributed by atoms with Crippen LogP contribution in [-0.2, 0) is 0 Å². The van der Waals surface area contributed by atoms with E-state index in [1.165, 1.54) is 5.56 Å². The molecule has 1 heterocycles. The van der Waals surface area contributed by atoms with E-state index >= 15 is 0 Å². The second kappa shape index (κ2) is 6.92. The highest BCUT2D eigenvalue weighted by Crippen LogP contribution is 2.17. The lowest BCUT2D eigenvalue weighted by molar-refractivity contribution is 0.0706. The molecule has 0 aromatic heterocycles. The van der Waals surface area contributed by atoms with E-state index in [0.717, 1.165) is 37.1 Å². The first kappa shape index (κ1) is 16.0. The summed E-state index contributed by atoms with van der Waals surface area (Å²) in [6.45, 7) is 5.79. The van der Waals surface area contributed by atoms with Crippen molar-refractivity contribution in [3.05, 3.63) is 34.9 Å². The van der Waals surface area contributed by atoms with Gasteiger partial charge in [-0.15, -0.1) is 12.4 Å². The Kier molecular flexibility index (Phi) is 5.83. The summed E-state index contributed by atoms with van der Waals surface area (Å²) in [6, 6.07) is 6.61. The molecule has 0 unspecified atom stereocenters. The van der Waals surface area contributed by atoms with E-state index in [2.05, 4.69) is 18.3 Å². The van der Waals surface area contributed by atoms with Crippen LogP contribution in [0.5, 0.6) is 0 Å². The number of aryl methyl sites for hydroxylation is 2. The number of amides is 1. The minimum Gasteiger partial charge on any atom is -0.339 e. The Bertz CT molecular complexity index is 440. The first-order valence-electron chi connectivity index (χ1n) is 6.65. The molecule has 4 heteroatoms. The molecule has 0 aliphatic carbocycles. The highest BCUT2D eigenvalue weighted by molar-refractivity contribution is 5.95. The lowest BCUT2D eigenvalue weighted by Crippen LogP contribution is -2.44. The number of nitrogens with zero attached hydrogens (tertiary/aromatic N) is 1. The van der Waals surface area contributed by atoms with E-state index in [-0.39, 0.29) is 18.3 Å². The number of piperidine rings is 1. The summed E-state index contributed by atoms with van der Waals surface area (Å²) in [7, 11) is 1.99. The number of carbonyl (C=O) groups excluding carboxylic acids is 1. The van der Waals surface area contributed by atoms with E-state index in [4.69, 9.17) is 0 Å². The molecule has 1 aliphatic rings. The van der Waals surface area contributed by atoms with Gasteiger partial charge < -0.3 is 10.2 Å². The normalized spacial score (nSPS) is 16.1. The van der Waals surface area contributed by atoms with Gasteiger partial charge in [-0.2, -0.15) is 0 Å². The molecule has 1 aromatic carbocycles. The second-order valence-electron chi connectivity index (χ2n) is 5.17. The van der Waals surface area contributed by atoms with Gasteiger partial charge in [-0.25, -0.2) is 0 Å². The van der Waals surface area contributed by atoms with E-state index in [1.807, 2.05) is 31.0 Å².